The predicted molar refractivity (Wildman–Crippen MR) is 228 cm³/mol. The molecular weight excluding hydrogens is 785 g/mol. The van der Waals surface area contributed by atoms with E-state index in [0.29, 0.717) is 31.8 Å². The van der Waals surface area contributed by atoms with Gasteiger partial charge in [-0.1, -0.05) is 59.8 Å². The molecule has 0 aromatic heterocycles. The number of allylic oxidation sites excluding steroid dienone is 2. The molecular formula is C46H62N4O11. The first-order valence-corrected chi connectivity index (χ1v) is 21.2. The molecule has 4 bridgehead atoms. The van der Waals surface area contributed by atoms with Crippen molar-refractivity contribution in [1.82, 2.24) is 4.90 Å². The van der Waals surface area contributed by atoms with Crippen LogP contribution < -0.4 is 20.8 Å². The van der Waals surface area contributed by atoms with Gasteiger partial charge in [-0.3, -0.25) is 24.4 Å². The number of ketones is 1. The van der Waals surface area contributed by atoms with E-state index in [4.69, 9.17) is 28.9 Å². The molecule has 332 valence electrons. The Morgan fingerprint density at radius 3 is 2.25 bits per heavy atom. The number of esters is 1. The number of phenols is 2. The number of methoxy groups -OCH3 is 1. The van der Waals surface area contributed by atoms with Gasteiger partial charge >= 0.3 is 11.8 Å². The number of aliphatic hydroxyl groups is 2. The maximum absolute atomic E-state index is 14.7. The molecule has 1 fully saturated rings. The predicted octanol–water partition coefficient (Wildman–Crippen LogP) is 4.75. The van der Waals surface area contributed by atoms with Crippen molar-refractivity contribution in [2.24, 2.45) is 39.6 Å². The van der Waals surface area contributed by atoms with Crippen molar-refractivity contribution in [2.45, 2.75) is 118 Å². The highest BCUT2D eigenvalue weighted by Gasteiger charge is 2.50. The molecule has 0 aliphatic carbocycles. The van der Waals surface area contributed by atoms with Gasteiger partial charge < -0.3 is 49.6 Å². The molecule has 15 nitrogen and oxygen atoms in total. The average Bonchev–Trinajstić information content (AvgIpc) is 3.71. The maximum atomic E-state index is 14.7. The van der Waals surface area contributed by atoms with Gasteiger partial charge in [0, 0.05) is 93.6 Å². The van der Waals surface area contributed by atoms with Crippen LogP contribution in [0.4, 0.5) is 5.69 Å². The zero-order chi connectivity index (χ0) is 44.9. The molecule has 6 rings (SSSR count). The third-order valence-electron chi connectivity index (χ3n) is 12.9. The Bertz CT molecular complexity index is 2300. The van der Waals surface area contributed by atoms with Crippen LogP contribution in [0.2, 0.25) is 0 Å². The van der Waals surface area contributed by atoms with Gasteiger partial charge in [0.2, 0.25) is 0 Å². The number of benzene rings is 2. The third-order valence-corrected chi connectivity index (χ3v) is 12.9. The van der Waals surface area contributed by atoms with E-state index in [1.807, 2.05) is 0 Å². The van der Waals surface area contributed by atoms with Crippen LogP contribution >= 0.6 is 0 Å². The first kappa shape index (κ1) is 45.7. The van der Waals surface area contributed by atoms with Gasteiger partial charge in [0.05, 0.1) is 40.9 Å². The van der Waals surface area contributed by atoms with Gasteiger partial charge in [-0.15, -0.1) is 0 Å². The van der Waals surface area contributed by atoms with Crippen molar-refractivity contribution in [1.29, 1.82) is 0 Å². The summed E-state index contributed by atoms with van der Waals surface area (Å²) in [5, 5.41) is 50.2. The number of ether oxygens (including phenoxy) is 4. The fourth-order valence-electron chi connectivity index (χ4n) is 9.20. The largest absolute Gasteiger partial charge is 0.507 e. The lowest BCUT2D eigenvalue weighted by molar-refractivity contribution is -0.160. The van der Waals surface area contributed by atoms with Gasteiger partial charge in [0.1, 0.15) is 28.6 Å². The molecule has 1 spiro atoms. The second-order valence-corrected chi connectivity index (χ2v) is 18.0. The van der Waals surface area contributed by atoms with E-state index in [2.05, 4.69) is 24.1 Å². The Hall–Kier alpha value is -4.83. The molecule has 0 saturated carbocycles. The highest BCUT2D eigenvalue weighted by atomic mass is 16.7. The molecule has 15 heteroatoms. The molecule has 4 aliphatic rings. The highest BCUT2D eigenvalue weighted by Crippen LogP contribution is 2.50. The summed E-state index contributed by atoms with van der Waals surface area (Å²) >= 11 is 0. The molecule has 1 amide bonds. The number of anilines is 1. The number of rotatable bonds is 4. The molecule has 4 aliphatic heterocycles. The number of nitrogens with one attached hydrogen (secondary N) is 1. The van der Waals surface area contributed by atoms with Gasteiger partial charge in [0.25, 0.3) is 11.7 Å². The summed E-state index contributed by atoms with van der Waals surface area (Å²) in [6.07, 6.45) is 5.04. The lowest BCUT2D eigenvalue weighted by atomic mass is 9.78. The van der Waals surface area contributed by atoms with Crippen LogP contribution in [-0.4, -0.2) is 106 Å². The van der Waals surface area contributed by atoms with Crippen molar-refractivity contribution in [3.63, 3.8) is 0 Å². The van der Waals surface area contributed by atoms with E-state index in [1.165, 1.54) is 27.2 Å². The van der Waals surface area contributed by atoms with Crippen LogP contribution in [0.3, 0.4) is 0 Å². The Morgan fingerprint density at radius 2 is 1.62 bits per heavy atom. The van der Waals surface area contributed by atoms with E-state index in [1.54, 1.807) is 65.8 Å². The van der Waals surface area contributed by atoms with Crippen LogP contribution in [0.25, 0.3) is 10.8 Å². The van der Waals surface area contributed by atoms with E-state index in [-0.39, 0.29) is 55.4 Å². The minimum absolute atomic E-state index is 0.0364. The molecule has 0 radical (unpaired) electrons. The van der Waals surface area contributed by atoms with Gasteiger partial charge in [0.15, 0.2) is 11.4 Å². The summed E-state index contributed by atoms with van der Waals surface area (Å²) in [6.45, 7) is 19.5. The number of amides is 1. The molecule has 0 unspecified atom stereocenters. The standard InChI is InChI=1S/C46H62N4O11/c1-22(2)21-50-18-16-46(17-19-50)48-34-31-32-39(54)28(8)42-33(31)43(56)45(10,61-42)59-20-15-30(58-11)25(5)41(60-29(9)51)27(7)38(53)26(6)37(52)23(3)13-12-14-24(4)44(57)47-36(40(32)55)35(34)49-46/h12-15,20,22-23,25-27,30,37-38,41,52-55H,16-19,21H2,1-11H3,(H,47,57)/b13-12+,20-15+,24-14-/t23-,25+,26+,27+,30+,37-,38+,41+,45-/m0/s1. The fourth-order valence-corrected chi connectivity index (χ4v) is 9.20. The van der Waals surface area contributed by atoms with Crippen molar-refractivity contribution in [3.05, 3.63) is 58.0 Å². The molecule has 1 saturated heterocycles. The summed E-state index contributed by atoms with van der Waals surface area (Å²) in [7, 11) is 1.47. The molecule has 4 heterocycles. The van der Waals surface area contributed by atoms with Gasteiger partial charge in [-0.2, -0.15) is 0 Å². The van der Waals surface area contributed by atoms with Crippen molar-refractivity contribution >= 4 is 34.1 Å². The normalized spacial score (nSPS) is 32.7. The van der Waals surface area contributed by atoms with Crippen LogP contribution in [0.15, 0.2) is 46.1 Å². The van der Waals surface area contributed by atoms with Crippen LogP contribution in [0.1, 0.15) is 91.1 Å². The molecule has 5 N–H and O–H groups in total. The van der Waals surface area contributed by atoms with Crippen LogP contribution in [-0.2, 0) is 23.8 Å². The summed E-state index contributed by atoms with van der Waals surface area (Å²) < 4.78 is 24.0. The lowest BCUT2D eigenvalue weighted by Crippen LogP contribution is -2.46. The molecule has 9 atom stereocenters. The van der Waals surface area contributed by atoms with Crippen molar-refractivity contribution < 1.29 is 53.8 Å². The van der Waals surface area contributed by atoms with Crippen LogP contribution in [0.5, 0.6) is 17.2 Å². The zero-order valence-electron chi connectivity index (χ0n) is 37.1. The number of piperidine rings is 1. The summed E-state index contributed by atoms with van der Waals surface area (Å²) in [6, 6.07) is 0. The Kier molecular flexibility index (Phi) is 13.1. The number of carbonyl (C=O) groups excluding carboxylic acids is 3. The number of hydrogen-bond donors (Lipinski definition) is 5. The first-order chi connectivity index (χ1) is 28.6. The molecule has 2 aromatic carbocycles. The van der Waals surface area contributed by atoms with Crippen molar-refractivity contribution in [2.75, 3.05) is 32.1 Å². The van der Waals surface area contributed by atoms with Gasteiger partial charge in [-0.05, 0) is 25.8 Å². The average molecular weight is 847 g/mol. The topological polar surface area (TPSA) is 209 Å². The quantitative estimate of drug-likeness (QED) is 0.209. The first-order valence-electron chi connectivity index (χ1n) is 21.2. The zero-order valence-corrected chi connectivity index (χ0v) is 37.1. The number of Topliss-reactive ketones (excluding diaryl/α,β-unsaturated/α-hetero) is 1. The number of hydrogen-bond acceptors (Lipinski definition) is 14. The van der Waals surface area contributed by atoms with E-state index >= 15 is 0 Å². The maximum Gasteiger partial charge on any atom is 0.312 e. The van der Waals surface area contributed by atoms with Crippen LogP contribution in [0, 0.1) is 36.5 Å². The highest BCUT2D eigenvalue weighted by molar-refractivity contribution is 6.19. The minimum Gasteiger partial charge on any atom is -0.507 e. The monoisotopic (exact) mass is 846 g/mol. The van der Waals surface area contributed by atoms with E-state index in [9.17, 15) is 34.8 Å². The summed E-state index contributed by atoms with van der Waals surface area (Å²) in [5.74, 6) is -6.44. The molecule has 61 heavy (non-hydrogen) atoms. The fraction of sp³-hybridized carbons (Fsp3) is 0.587. The second-order valence-electron chi connectivity index (χ2n) is 18.0. The Labute approximate surface area is 356 Å². The number of nitrogens with zero attached hydrogens (tertiary/aromatic N) is 3. The van der Waals surface area contributed by atoms with Gasteiger partial charge in [-0.25, -0.2) is 0 Å². The molecule has 2 aromatic rings. The summed E-state index contributed by atoms with van der Waals surface area (Å²) in [5.41, 5.74) is -0.572. The Balaban J connectivity index is 1.54. The number of aromatic hydroxyl groups is 2. The second kappa shape index (κ2) is 17.5. The van der Waals surface area contributed by atoms with E-state index < -0.39 is 82.9 Å². The smallest absolute Gasteiger partial charge is 0.312 e. The van der Waals surface area contributed by atoms with Crippen molar-refractivity contribution in [3.8, 4) is 17.2 Å². The van der Waals surface area contributed by atoms with E-state index in [0.717, 1.165) is 6.54 Å². The SMILES string of the molecule is CO[C@@H]1/C=C/O[C@@]2(C)Oc3c(C)c(O)c4c(O)c(c5c(c4c3C2=O)=NC2(CCN(CC(C)C)CC2)N=5)NC(=O)/C(C)=C\C=C\[C@H](C)[C@H](O)[C@@H](C)[C@@H](O)[C@@H](C)[C@H](OC(C)=O)[C@@H]1C. The third kappa shape index (κ3) is 8.54. The Morgan fingerprint density at radius 1 is 0.967 bits per heavy atom. The minimum atomic E-state index is -1.96. The number of phenolic OH excluding ortho intramolecular Hbond substituents is 2. The lowest BCUT2D eigenvalue weighted by Gasteiger charge is -2.38. The number of fused-ring (bicyclic) bond motifs is 1. The number of aliphatic hydroxyl groups excluding tert-OH is 2. The number of carbonyl (C=O) groups is 3. The summed E-state index contributed by atoms with van der Waals surface area (Å²) in [4.78, 5) is 53.7. The number of likely N-dealkylation sites (tertiary alicyclic amines) is 1.